The zero-order chi connectivity index (χ0) is 19.8. The number of hydrogen-bond acceptors (Lipinski definition) is 4. The van der Waals surface area contributed by atoms with Crippen molar-refractivity contribution in [1.29, 1.82) is 0 Å². The summed E-state index contributed by atoms with van der Waals surface area (Å²) in [7, 11) is -2.34. The maximum atomic E-state index is 12.8. The molecule has 2 aromatic carbocycles. The Kier molecular flexibility index (Phi) is 6.27. The van der Waals surface area contributed by atoms with Gasteiger partial charge in [0.1, 0.15) is 16.4 Å². The predicted octanol–water partition coefficient (Wildman–Crippen LogP) is 5.63. The average molecular weight is 495 g/mol. The van der Waals surface area contributed by atoms with Crippen molar-refractivity contribution in [2.75, 3.05) is 7.11 Å². The largest absolute Gasteiger partial charge is 0.495 e. The van der Waals surface area contributed by atoms with Gasteiger partial charge in [-0.1, -0.05) is 46.1 Å². The van der Waals surface area contributed by atoms with E-state index in [2.05, 4.69) is 27.6 Å². The molecule has 0 aromatic heterocycles. The Morgan fingerprint density at radius 2 is 1.78 bits per heavy atom. The summed E-state index contributed by atoms with van der Waals surface area (Å²) in [6, 6.07) is 7.76. The summed E-state index contributed by atoms with van der Waals surface area (Å²) < 4.78 is 40.0. The van der Waals surface area contributed by atoms with E-state index < -0.39 is 10.0 Å². The van der Waals surface area contributed by atoms with E-state index >= 15 is 0 Å². The summed E-state index contributed by atoms with van der Waals surface area (Å²) in [5, 5.41) is 0.604. The molecule has 27 heavy (non-hydrogen) atoms. The molecule has 0 amide bonds. The SMILES string of the molecule is COc1ccc(Oc2c(Cl)cc(Br)cc2Cl)cc1S(=O)(=O)N[C@H]1C[C@H](C)C1. The fraction of sp³-hybridized carbons (Fsp3) is 0.333. The molecule has 1 N–H and O–H groups in total. The van der Waals surface area contributed by atoms with Crippen molar-refractivity contribution in [3.05, 3.63) is 44.8 Å². The molecule has 0 heterocycles. The molecule has 0 bridgehead atoms. The van der Waals surface area contributed by atoms with Crippen LogP contribution in [0.25, 0.3) is 0 Å². The Hall–Kier alpha value is -0.990. The highest BCUT2D eigenvalue weighted by Crippen LogP contribution is 2.40. The molecule has 0 radical (unpaired) electrons. The van der Waals surface area contributed by atoms with E-state index in [9.17, 15) is 8.42 Å². The number of ether oxygens (including phenoxy) is 2. The minimum atomic E-state index is -3.76. The van der Waals surface area contributed by atoms with E-state index in [-0.39, 0.29) is 28.2 Å². The molecular formula is C18H18BrCl2NO4S. The molecule has 0 saturated heterocycles. The molecule has 0 spiro atoms. The molecule has 0 unspecified atom stereocenters. The molecule has 5 nitrogen and oxygen atoms in total. The minimum absolute atomic E-state index is 0.00593. The van der Waals surface area contributed by atoms with Gasteiger partial charge in [0.25, 0.3) is 0 Å². The number of halogens is 3. The third kappa shape index (κ3) is 4.71. The fourth-order valence-corrected chi connectivity index (χ4v) is 5.69. The fourth-order valence-electron chi connectivity index (χ4n) is 2.96. The molecular weight excluding hydrogens is 477 g/mol. The van der Waals surface area contributed by atoms with Gasteiger partial charge in [0.05, 0.1) is 17.2 Å². The topological polar surface area (TPSA) is 64.6 Å². The summed E-state index contributed by atoms with van der Waals surface area (Å²) >= 11 is 15.7. The highest BCUT2D eigenvalue weighted by Gasteiger charge is 2.31. The Morgan fingerprint density at radius 1 is 1.15 bits per heavy atom. The van der Waals surface area contributed by atoms with Crippen molar-refractivity contribution in [2.45, 2.75) is 30.7 Å². The summed E-state index contributed by atoms with van der Waals surface area (Å²) in [5.74, 6) is 1.28. The van der Waals surface area contributed by atoms with Crippen LogP contribution in [-0.4, -0.2) is 21.6 Å². The second kappa shape index (κ2) is 8.17. The molecule has 146 valence electrons. The lowest BCUT2D eigenvalue weighted by atomic mass is 9.83. The van der Waals surface area contributed by atoms with Crippen LogP contribution >= 0.6 is 39.1 Å². The lowest BCUT2D eigenvalue weighted by Gasteiger charge is -2.33. The monoisotopic (exact) mass is 493 g/mol. The third-order valence-corrected chi connectivity index (χ3v) is 6.86. The van der Waals surface area contributed by atoms with Crippen LogP contribution in [0.5, 0.6) is 17.2 Å². The van der Waals surface area contributed by atoms with Gasteiger partial charge < -0.3 is 9.47 Å². The number of methoxy groups -OCH3 is 1. The summed E-state index contributed by atoms with van der Waals surface area (Å²) in [6.07, 6.45) is 1.64. The highest BCUT2D eigenvalue weighted by molar-refractivity contribution is 9.10. The predicted molar refractivity (Wildman–Crippen MR) is 110 cm³/mol. The Bertz CT molecular complexity index is 939. The van der Waals surface area contributed by atoms with E-state index in [1.54, 1.807) is 18.2 Å². The smallest absolute Gasteiger partial charge is 0.244 e. The zero-order valence-electron chi connectivity index (χ0n) is 14.6. The standard InChI is InChI=1S/C18H18BrCl2NO4S/c1-10-5-12(6-10)22-27(23,24)17-9-13(3-4-16(17)25-2)26-18-14(20)7-11(19)8-15(18)21/h3-4,7-10,12,22H,5-6H2,1-2H3/t10-,12-. The molecule has 1 saturated carbocycles. The minimum Gasteiger partial charge on any atom is -0.495 e. The lowest BCUT2D eigenvalue weighted by molar-refractivity contribution is 0.270. The Labute approximate surface area is 177 Å². The molecule has 0 atom stereocenters. The van der Waals surface area contributed by atoms with Gasteiger partial charge in [-0.3, -0.25) is 0 Å². The number of benzene rings is 2. The highest BCUT2D eigenvalue weighted by atomic mass is 79.9. The van der Waals surface area contributed by atoms with Crippen LogP contribution in [0.3, 0.4) is 0 Å². The zero-order valence-corrected chi connectivity index (χ0v) is 18.5. The number of nitrogens with one attached hydrogen (secondary N) is 1. The quantitative estimate of drug-likeness (QED) is 0.564. The van der Waals surface area contributed by atoms with Crippen molar-refractivity contribution in [2.24, 2.45) is 5.92 Å². The molecule has 9 heteroatoms. The number of rotatable bonds is 6. The summed E-state index contributed by atoms with van der Waals surface area (Å²) in [6.45, 7) is 2.09. The molecule has 1 aliphatic carbocycles. The normalized spacial score (nSPS) is 19.4. The second-order valence-electron chi connectivity index (χ2n) is 6.51. The second-order valence-corrected chi connectivity index (χ2v) is 9.92. The molecule has 0 aliphatic heterocycles. The van der Waals surface area contributed by atoms with Crippen LogP contribution in [0.2, 0.25) is 10.0 Å². The van der Waals surface area contributed by atoms with Gasteiger partial charge in [0, 0.05) is 16.6 Å². The lowest BCUT2D eigenvalue weighted by Crippen LogP contribution is -2.43. The van der Waals surface area contributed by atoms with Gasteiger partial charge in [-0.2, -0.15) is 0 Å². The van der Waals surface area contributed by atoms with E-state index in [1.807, 2.05) is 0 Å². The number of hydrogen-bond donors (Lipinski definition) is 1. The van der Waals surface area contributed by atoms with Crippen molar-refractivity contribution in [1.82, 2.24) is 4.72 Å². The maximum Gasteiger partial charge on any atom is 0.244 e. The van der Waals surface area contributed by atoms with Gasteiger partial charge in [0.15, 0.2) is 5.75 Å². The molecule has 1 aliphatic rings. The van der Waals surface area contributed by atoms with Crippen LogP contribution < -0.4 is 14.2 Å². The van der Waals surface area contributed by atoms with Gasteiger partial charge in [-0.05, 0) is 43.0 Å². The van der Waals surface area contributed by atoms with Crippen LogP contribution in [-0.2, 0) is 10.0 Å². The maximum absolute atomic E-state index is 12.8. The Balaban J connectivity index is 1.92. The van der Waals surface area contributed by atoms with Crippen LogP contribution in [0.4, 0.5) is 0 Å². The first kappa shape index (κ1) is 20.7. The van der Waals surface area contributed by atoms with E-state index in [0.717, 1.165) is 12.8 Å². The van der Waals surface area contributed by atoms with Gasteiger partial charge >= 0.3 is 0 Å². The van der Waals surface area contributed by atoms with Crippen molar-refractivity contribution in [3.63, 3.8) is 0 Å². The van der Waals surface area contributed by atoms with Crippen LogP contribution in [0.15, 0.2) is 39.7 Å². The van der Waals surface area contributed by atoms with Crippen molar-refractivity contribution < 1.29 is 17.9 Å². The van der Waals surface area contributed by atoms with Crippen molar-refractivity contribution >= 4 is 49.2 Å². The molecule has 3 rings (SSSR count). The molecule has 2 aromatic rings. The molecule has 1 fully saturated rings. The van der Waals surface area contributed by atoms with Crippen molar-refractivity contribution in [3.8, 4) is 17.2 Å². The first-order chi connectivity index (χ1) is 12.7. The van der Waals surface area contributed by atoms with Crippen LogP contribution in [0, 0.1) is 5.92 Å². The van der Waals surface area contributed by atoms with E-state index in [1.165, 1.54) is 19.2 Å². The first-order valence-electron chi connectivity index (χ1n) is 8.22. The first-order valence-corrected chi connectivity index (χ1v) is 11.3. The summed E-state index contributed by atoms with van der Waals surface area (Å²) in [4.78, 5) is 0.00593. The summed E-state index contributed by atoms with van der Waals surface area (Å²) in [5.41, 5.74) is 0. The van der Waals surface area contributed by atoms with E-state index in [0.29, 0.717) is 20.4 Å². The average Bonchev–Trinajstić information content (AvgIpc) is 2.56. The third-order valence-electron chi connectivity index (χ3n) is 4.30. The van der Waals surface area contributed by atoms with Gasteiger partial charge in [0.2, 0.25) is 10.0 Å². The Morgan fingerprint density at radius 3 is 2.33 bits per heavy atom. The van der Waals surface area contributed by atoms with Gasteiger partial charge in [-0.25, -0.2) is 13.1 Å². The van der Waals surface area contributed by atoms with Crippen LogP contribution in [0.1, 0.15) is 19.8 Å². The van der Waals surface area contributed by atoms with Gasteiger partial charge in [-0.15, -0.1) is 0 Å². The van der Waals surface area contributed by atoms with E-state index in [4.69, 9.17) is 32.7 Å². The number of sulfonamides is 1.